The van der Waals surface area contributed by atoms with Gasteiger partial charge in [0.1, 0.15) is 5.82 Å². The lowest BCUT2D eigenvalue weighted by molar-refractivity contribution is -0.192. The molecule has 0 spiro atoms. The number of aromatic nitrogens is 2. The second kappa shape index (κ2) is 12.8. The lowest BCUT2D eigenvalue weighted by Gasteiger charge is -2.07. The number of aliphatic carboxylic acids is 1. The maximum Gasteiger partial charge on any atom is 0.490 e. The van der Waals surface area contributed by atoms with Gasteiger partial charge in [0.25, 0.3) is 0 Å². The van der Waals surface area contributed by atoms with Crippen LogP contribution in [0.3, 0.4) is 0 Å². The Hall–Kier alpha value is -4.21. The lowest BCUT2D eigenvalue weighted by Crippen LogP contribution is -2.21. The number of thiophene rings is 1. The highest BCUT2D eigenvalue weighted by molar-refractivity contribution is 7.90. The number of carboxylic acids is 1. The Bertz CT molecular complexity index is 1860. The number of carboxylic acid groups (broad SMARTS) is 1. The van der Waals surface area contributed by atoms with E-state index in [9.17, 15) is 34.8 Å². The van der Waals surface area contributed by atoms with Crippen LogP contribution in [-0.4, -0.2) is 41.9 Å². The molecule has 44 heavy (non-hydrogen) atoms. The van der Waals surface area contributed by atoms with Gasteiger partial charge < -0.3 is 15.4 Å². The van der Waals surface area contributed by atoms with Crippen LogP contribution < -0.4 is 5.32 Å². The van der Waals surface area contributed by atoms with Crippen LogP contribution in [0.15, 0.2) is 83.8 Å². The van der Waals surface area contributed by atoms with Gasteiger partial charge in [-0.3, -0.25) is 0 Å². The molecule has 3 aromatic carbocycles. The van der Waals surface area contributed by atoms with E-state index in [2.05, 4.69) is 15.3 Å². The first-order valence-corrected chi connectivity index (χ1v) is 15.3. The number of alkyl halides is 6. The standard InChI is InChI=1S/C27H22F3N3O2S2.C2HF3O2/c1-37(34,35)21-9-4-18(5-10-21)16-31-15-17-2-6-19(7-3-17)24-12-13-25(36-24)26-32-22-11-8-20(27(28,29)30)14-23(22)33-26;3-2(4,5)1(6)7/h2-14,31H,15-16H2,1H3,(H,32,33);(H,6,7). The van der Waals surface area contributed by atoms with Crippen molar-refractivity contribution in [3.05, 3.63) is 95.6 Å². The third kappa shape index (κ3) is 8.45. The number of nitrogens with one attached hydrogen (secondary N) is 2. The minimum absolute atomic E-state index is 0.305. The smallest absolute Gasteiger partial charge is 0.475 e. The van der Waals surface area contributed by atoms with Gasteiger partial charge in [-0.1, -0.05) is 36.4 Å². The van der Waals surface area contributed by atoms with Crippen molar-refractivity contribution in [2.75, 3.05) is 6.26 Å². The van der Waals surface area contributed by atoms with E-state index in [1.54, 1.807) is 24.3 Å². The van der Waals surface area contributed by atoms with Crippen LogP contribution in [0.25, 0.3) is 32.2 Å². The molecule has 0 bridgehead atoms. The van der Waals surface area contributed by atoms with Gasteiger partial charge in [-0.15, -0.1) is 11.3 Å². The second-order valence-electron chi connectivity index (χ2n) is 9.50. The molecule has 0 saturated heterocycles. The molecule has 0 amide bonds. The van der Waals surface area contributed by atoms with Gasteiger partial charge in [-0.05, 0) is 59.2 Å². The summed E-state index contributed by atoms with van der Waals surface area (Å²) < 4.78 is 93.9. The average molecular weight is 656 g/mol. The average Bonchev–Trinajstić information content (AvgIpc) is 3.60. The van der Waals surface area contributed by atoms with Crippen molar-refractivity contribution in [1.82, 2.24) is 15.3 Å². The van der Waals surface area contributed by atoms with Crippen LogP contribution in [0.1, 0.15) is 16.7 Å². The van der Waals surface area contributed by atoms with Gasteiger partial charge in [-0.2, -0.15) is 26.3 Å². The minimum Gasteiger partial charge on any atom is -0.475 e. The lowest BCUT2D eigenvalue weighted by atomic mass is 10.1. The Labute approximate surface area is 251 Å². The SMILES string of the molecule is CS(=O)(=O)c1ccc(CNCc2ccc(-c3ccc(-c4nc5ccc(C(F)(F)F)cc5[nH]4)s3)cc2)cc1.O=C(O)C(F)(F)F. The first-order valence-electron chi connectivity index (χ1n) is 12.6. The Morgan fingerprint density at radius 3 is 1.93 bits per heavy atom. The molecule has 0 fully saturated rings. The fourth-order valence-corrected chi connectivity index (χ4v) is 5.50. The van der Waals surface area contributed by atoms with E-state index in [1.165, 1.54) is 23.7 Å². The molecule has 0 radical (unpaired) electrons. The van der Waals surface area contributed by atoms with E-state index >= 15 is 0 Å². The number of halogens is 6. The number of nitrogens with zero attached hydrogens (tertiary/aromatic N) is 1. The number of hydrogen-bond donors (Lipinski definition) is 3. The summed E-state index contributed by atoms with van der Waals surface area (Å²) in [5.74, 6) is -2.22. The van der Waals surface area contributed by atoms with E-state index in [4.69, 9.17) is 9.90 Å². The van der Waals surface area contributed by atoms with Gasteiger partial charge in [0, 0.05) is 24.2 Å². The zero-order chi connectivity index (χ0) is 32.3. The number of fused-ring (bicyclic) bond motifs is 1. The van der Waals surface area contributed by atoms with Crippen LogP contribution in [0.5, 0.6) is 0 Å². The van der Waals surface area contributed by atoms with E-state index in [0.717, 1.165) is 38.6 Å². The largest absolute Gasteiger partial charge is 0.490 e. The highest BCUT2D eigenvalue weighted by atomic mass is 32.2. The normalized spacial score (nSPS) is 12.2. The maximum absolute atomic E-state index is 13.0. The summed E-state index contributed by atoms with van der Waals surface area (Å²) in [4.78, 5) is 18.5. The van der Waals surface area contributed by atoms with Crippen LogP contribution >= 0.6 is 11.3 Å². The maximum atomic E-state index is 13.0. The minimum atomic E-state index is -5.08. The number of hydrogen-bond acceptors (Lipinski definition) is 6. The van der Waals surface area contributed by atoms with Gasteiger partial charge >= 0.3 is 18.3 Å². The predicted octanol–water partition coefficient (Wildman–Crippen LogP) is 7.30. The molecular weight excluding hydrogens is 632 g/mol. The molecular formula is C29H23F6N3O4S2. The summed E-state index contributed by atoms with van der Waals surface area (Å²) in [6.07, 6.45) is -8.29. The third-order valence-electron chi connectivity index (χ3n) is 6.14. The molecule has 15 heteroatoms. The van der Waals surface area contributed by atoms with Crippen LogP contribution in [0, 0.1) is 0 Å². The zero-order valence-corrected chi connectivity index (χ0v) is 24.3. The number of rotatable bonds is 7. The fourth-order valence-electron chi connectivity index (χ4n) is 3.92. The zero-order valence-electron chi connectivity index (χ0n) is 22.6. The summed E-state index contributed by atoms with van der Waals surface area (Å²) in [7, 11) is -3.20. The van der Waals surface area contributed by atoms with Crippen molar-refractivity contribution < 1.29 is 44.7 Å². The number of H-pyrrole nitrogens is 1. The Morgan fingerprint density at radius 1 is 0.864 bits per heavy atom. The van der Waals surface area contributed by atoms with Crippen molar-refractivity contribution in [3.8, 4) is 21.1 Å². The Morgan fingerprint density at radius 2 is 1.41 bits per heavy atom. The molecule has 0 unspecified atom stereocenters. The van der Waals surface area contributed by atoms with E-state index in [-0.39, 0.29) is 0 Å². The Kier molecular flexibility index (Phi) is 9.51. The van der Waals surface area contributed by atoms with E-state index in [0.29, 0.717) is 34.8 Å². The van der Waals surface area contributed by atoms with Crippen LogP contribution in [0.4, 0.5) is 26.3 Å². The molecule has 7 nitrogen and oxygen atoms in total. The van der Waals surface area contributed by atoms with Gasteiger partial charge in [0.2, 0.25) is 0 Å². The number of imidazole rings is 1. The highest BCUT2D eigenvalue weighted by Gasteiger charge is 2.38. The summed E-state index contributed by atoms with van der Waals surface area (Å²) in [6.45, 7) is 1.27. The highest BCUT2D eigenvalue weighted by Crippen LogP contribution is 2.35. The molecule has 5 rings (SSSR count). The first-order chi connectivity index (χ1) is 20.5. The summed E-state index contributed by atoms with van der Waals surface area (Å²) in [5.41, 5.74) is 3.26. The van der Waals surface area contributed by atoms with Crippen LogP contribution in [0.2, 0.25) is 0 Å². The van der Waals surface area contributed by atoms with Crippen molar-refractivity contribution in [3.63, 3.8) is 0 Å². The van der Waals surface area contributed by atoms with Gasteiger partial charge in [0.15, 0.2) is 9.84 Å². The van der Waals surface area contributed by atoms with Crippen LogP contribution in [-0.2, 0) is 33.9 Å². The number of carbonyl (C=O) groups is 1. The number of aromatic amines is 1. The van der Waals surface area contributed by atoms with Crippen molar-refractivity contribution in [2.24, 2.45) is 0 Å². The fraction of sp³-hybridized carbons (Fsp3) is 0.172. The van der Waals surface area contributed by atoms with Gasteiger partial charge in [-0.25, -0.2) is 18.2 Å². The molecule has 0 aliphatic heterocycles. The summed E-state index contributed by atoms with van der Waals surface area (Å²) in [5, 5.41) is 10.5. The predicted molar refractivity (Wildman–Crippen MR) is 154 cm³/mol. The van der Waals surface area contributed by atoms with E-state index < -0.39 is 33.7 Å². The summed E-state index contributed by atoms with van der Waals surface area (Å²) in [6, 6.07) is 22.3. The molecule has 0 saturated carbocycles. The van der Waals surface area contributed by atoms with Crippen molar-refractivity contribution in [1.29, 1.82) is 0 Å². The molecule has 232 valence electrons. The molecule has 2 aromatic heterocycles. The Balaban J connectivity index is 0.000000566. The molecule has 3 N–H and O–H groups in total. The molecule has 0 atom stereocenters. The van der Waals surface area contributed by atoms with Crippen molar-refractivity contribution in [2.45, 2.75) is 30.3 Å². The number of sulfone groups is 1. The quantitative estimate of drug-likeness (QED) is 0.159. The second-order valence-corrected chi connectivity index (χ2v) is 12.6. The topological polar surface area (TPSA) is 112 Å². The third-order valence-corrected chi connectivity index (χ3v) is 8.41. The molecule has 0 aliphatic rings. The van der Waals surface area contributed by atoms with Crippen molar-refractivity contribution >= 4 is 38.2 Å². The number of benzene rings is 3. The van der Waals surface area contributed by atoms with E-state index in [1.807, 2.05) is 36.4 Å². The molecule has 2 heterocycles. The first kappa shape index (κ1) is 32.7. The monoisotopic (exact) mass is 655 g/mol. The van der Waals surface area contributed by atoms with Gasteiger partial charge in [0.05, 0.1) is 26.4 Å². The molecule has 5 aromatic rings. The molecule has 0 aliphatic carbocycles. The summed E-state index contributed by atoms with van der Waals surface area (Å²) >= 11 is 1.51.